The maximum Gasteiger partial charge on any atom is 0.524 e. The fourth-order valence-electron chi connectivity index (χ4n) is 0.619. The molecule has 0 aliphatic heterocycles. The van der Waals surface area contributed by atoms with Crippen LogP contribution in [0.4, 0.5) is 0 Å². The van der Waals surface area contributed by atoms with Crippen molar-refractivity contribution in [2.45, 2.75) is 0 Å². The van der Waals surface area contributed by atoms with Crippen LogP contribution in [0.1, 0.15) is 0 Å². The molecule has 0 saturated carbocycles. The van der Waals surface area contributed by atoms with Crippen molar-refractivity contribution >= 4 is 18.6 Å². The van der Waals surface area contributed by atoms with Gasteiger partial charge in [-0.3, -0.25) is 14.0 Å². The summed E-state index contributed by atoms with van der Waals surface area (Å²) in [6.07, 6.45) is 3.28. The van der Waals surface area contributed by atoms with E-state index < -0.39 is 18.6 Å². The Morgan fingerprint density at radius 1 is 1.19 bits per heavy atom. The van der Waals surface area contributed by atoms with Gasteiger partial charge in [0.1, 0.15) is 5.75 Å². The molecule has 1 aromatic rings. The van der Waals surface area contributed by atoms with Crippen LogP contribution in [0.2, 0.25) is 0 Å². The van der Waals surface area contributed by atoms with E-state index in [1.807, 2.05) is 0 Å². The molecule has 0 aromatic heterocycles. The topological polar surface area (TPSA) is 115 Å². The molecule has 4 N–H and O–H groups in total. The summed E-state index contributed by atoms with van der Waals surface area (Å²) in [5, 5.41) is 0. The first-order chi connectivity index (χ1) is 6.81. The van der Waals surface area contributed by atoms with E-state index in [-0.39, 0.29) is 11.2 Å². The first-order valence-corrected chi connectivity index (χ1v) is 7.36. The Kier molecular flexibility index (Phi) is 9.31. The number of rotatable bonds is 2. The molecule has 0 aliphatic carbocycles. The van der Waals surface area contributed by atoms with E-state index >= 15 is 0 Å². The predicted molar refractivity (Wildman–Crippen MR) is 62.7 cm³/mol. The van der Waals surface area contributed by atoms with E-state index in [4.69, 9.17) is 9.79 Å². The van der Waals surface area contributed by atoms with Gasteiger partial charge in [-0.2, -0.15) is 0 Å². The van der Waals surface area contributed by atoms with Crippen LogP contribution in [0.5, 0.6) is 5.75 Å². The summed E-state index contributed by atoms with van der Waals surface area (Å²) in [5.41, 5.74) is 0. The Bertz CT molecular complexity index is 345. The molecule has 0 aliphatic rings. The third-order valence-electron chi connectivity index (χ3n) is 0.968. The average molecular weight is 270 g/mol. The van der Waals surface area contributed by atoms with Gasteiger partial charge in [-0.15, -0.1) is 0 Å². The van der Waals surface area contributed by atoms with E-state index in [2.05, 4.69) is 4.52 Å². The molecule has 0 fully saturated rings. The Morgan fingerprint density at radius 2 is 1.56 bits per heavy atom. The van der Waals surface area contributed by atoms with Crippen LogP contribution in [-0.2, 0) is 15.4 Å². The summed E-state index contributed by atoms with van der Waals surface area (Å²) >= 11 is 0. The Morgan fingerprint density at radius 3 is 1.88 bits per heavy atom. The minimum Gasteiger partial charge on any atom is -0.412 e. The van der Waals surface area contributed by atoms with Gasteiger partial charge in [0.2, 0.25) is 0 Å². The van der Waals surface area contributed by atoms with E-state index in [9.17, 15) is 8.77 Å². The lowest BCUT2D eigenvalue weighted by Gasteiger charge is -2.04. The molecule has 8 heteroatoms. The van der Waals surface area contributed by atoms with Crippen LogP contribution < -0.4 is 4.52 Å². The summed E-state index contributed by atoms with van der Waals surface area (Å²) in [4.78, 5) is 16.7. The van der Waals surface area contributed by atoms with Gasteiger partial charge in [0.25, 0.3) is 0 Å². The van der Waals surface area contributed by atoms with Crippen molar-refractivity contribution < 1.29 is 28.6 Å². The minimum atomic E-state index is -4.39. The lowest BCUT2D eigenvalue weighted by Crippen LogP contribution is -1.88. The highest BCUT2D eigenvalue weighted by Gasteiger charge is 2.14. The third kappa shape index (κ3) is 13.3. The zero-order valence-corrected chi connectivity index (χ0v) is 10.6. The highest BCUT2D eigenvalue weighted by atomic mass is 32.2. The molecule has 0 atom stereocenters. The van der Waals surface area contributed by atoms with Gasteiger partial charge in [0, 0.05) is 23.3 Å². The van der Waals surface area contributed by atoms with Crippen molar-refractivity contribution in [1.29, 1.82) is 0 Å². The number of para-hydroxylation sites is 1. The summed E-state index contributed by atoms with van der Waals surface area (Å²) in [6.45, 7) is 0. The van der Waals surface area contributed by atoms with Crippen molar-refractivity contribution in [2.75, 3.05) is 12.5 Å². The van der Waals surface area contributed by atoms with Gasteiger partial charge in [-0.05, 0) is 12.1 Å². The molecule has 0 bridgehead atoms. The summed E-state index contributed by atoms with van der Waals surface area (Å²) in [6, 6.07) is 7.93. The third-order valence-corrected chi connectivity index (χ3v) is 1.42. The molecule has 6 nitrogen and oxygen atoms in total. The van der Waals surface area contributed by atoms with Crippen molar-refractivity contribution in [2.24, 2.45) is 0 Å². The maximum absolute atomic E-state index is 10.3. The molecule has 1 rings (SSSR count). The number of benzene rings is 1. The summed E-state index contributed by atoms with van der Waals surface area (Å²) in [5.74, 6) is 0.167. The minimum absolute atomic E-state index is 0. The van der Waals surface area contributed by atoms with Crippen molar-refractivity contribution in [3.63, 3.8) is 0 Å². The number of phosphoric acid groups is 1. The standard InChI is InChI=1S/C6H7O4P.C2H6OS.H2O/c7-11(8,9)10-6-4-2-1-3-5-6;1-4(2)3;/h1-5H,(H2,7,8,9);1-2H3;1H2. The van der Waals surface area contributed by atoms with Gasteiger partial charge in [-0.1, -0.05) is 18.2 Å². The molecule has 16 heavy (non-hydrogen) atoms. The summed E-state index contributed by atoms with van der Waals surface area (Å²) < 4.78 is 24.1. The van der Waals surface area contributed by atoms with Crippen LogP contribution in [0.15, 0.2) is 30.3 Å². The zero-order chi connectivity index (χ0) is 11.9. The van der Waals surface area contributed by atoms with Gasteiger partial charge in [-0.25, -0.2) is 4.57 Å². The molecule has 1 aromatic carbocycles. The predicted octanol–water partition coefficient (Wildman–Crippen LogP) is 0.328. The zero-order valence-electron chi connectivity index (χ0n) is 8.86. The average Bonchev–Trinajstić information content (AvgIpc) is 2.01. The van der Waals surface area contributed by atoms with E-state index in [1.165, 1.54) is 12.1 Å². The second-order valence-corrected chi connectivity index (χ2v) is 5.28. The highest BCUT2D eigenvalue weighted by molar-refractivity contribution is 7.83. The van der Waals surface area contributed by atoms with Crippen molar-refractivity contribution in [3.05, 3.63) is 30.3 Å². The molecule has 0 amide bonds. The second kappa shape index (κ2) is 8.43. The van der Waals surface area contributed by atoms with Crippen molar-refractivity contribution in [3.8, 4) is 5.75 Å². The van der Waals surface area contributed by atoms with Gasteiger partial charge in [0.05, 0.1) is 0 Å². The van der Waals surface area contributed by atoms with Crippen molar-refractivity contribution in [1.82, 2.24) is 0 Å². The van der Waals surface area contributed by atoms with Gasteiger partial charge >= 0.3 is 7.82 Å². The Hall–Kier alpha value is -0.720. The SMILES string of the molecule is CS(C)=O.O.O=P(O)(O)Oc1ccccc1. The molecular formula is C8H15O6PS. The van der Waals surface area contributed by atoms with E-state index in [0.717, 1.165) is 0 Å². The van der Waals surface area contributed by atoms with Crippen LogP contribution in [0.3, 0.4) is 0 Å². The highest BCUT2D eigenvalue weighted by Crippen LogP contribution is 2.36. The summed E-state index contributed by atoms with van der Waals surface area (Å²) in [7, 11) is -5.00. The first-order valence-electron chi connectivity index (χ1n) is 3.86. The van der Waals surface area contributed by atoms with E-state index in [0.29, 0.717) is 0 Å². The monoisotopic (exact) mass is 270 g/mol. The van der Waals surface area contributed by atoms with Crippen LogP contribution in [-0.4, -0.2) is 32.0 Å². The second-order valence-electron chi connectivity index (χ2n) is 2.64. The lowest BCUT2D eigenvalue weighted by atomic mass is 10.3. The molecule has 0 spiro atoms. The van der Waals surface area contributed by atoms with Gasteiger partial charge < -0.3 is 10.00 Å². The van der Waals surface area contributed by atoms with Crippen LogP contribution >= 0.6 is 7.82 Å². The fourth-order valence-corrected chi connectivity index (χ4v) is 1.02. The number of hydrogen-bond acceptors (Lipinski definition) is 3. The molecule has 94 valence electrons. The first kappa shape index (κ1) is 17.7. The smallest absolute Gasteiger partial charge is 0.412 e. The van der Waals surface area contributed by atoms with Crippen LogP contribution in [0, 0.1) is 0 Å². The Labute approximate surface area is 96.3 Å². The molecule has 0 unspecified atom stereocenters. The van der Waals surface area contributed by atoms with Crippen LogP contribution in [0.25, 0.3) is 0 Å². The Balaban J connectivity index is 0. The molecule has 0 heterocycles. The quantitative estimate of drug-likeness (QED) is 0.751. The van der Waals surface area contributed by atoms with Gasteiger partial charge in [0.15, 0.2) is 0 Å². The fraction of sp³-hybridized carbons (Fsp3) is 0.250. The normalized spacial score (nSPS) is 9.81. The lowest BCUT2D eigenvalue weighted by molar-refractivity contribution is 0.283. The largest absolute Gasteiger partial charge is 0.524 e. The van der Waals surface area contributed by atoms with E-state index in [1.54, 1.807) is 30.7 Å². The number of phosphoric ester groups is 1. The molecule has 0 saturated heterocycles. The molecule has 0 radical (unpaired) electrons. The molecular weight excluding hydrogens is 255 g/mol. The number of hydrogen-bond donors (Lipinski definition) is 2. The maximum atomic E-state index is 10.3.